The molecule has 0 aliphatic carbocycles. The van der Waals surface area contributed by atoms with Gasteiger partial charge in [-0.15, -0.1) is 0 Å². The van der Waals surface area contributed by atoms with Crippen molar-refractivity contribution >= 4 is 23.7 Å². The fourth-order valence-corrected chi connectivity index (χ4v) is 1.79. The summed E-state index contributed by atoms with van der Waals surface area (Å²) in [6, 6.07) is 10.7. The number of amides is 1. The van der Waals surface area contributed by atoms with Crippen LogP contribution >= 0.6 is 11.6 Å². The Morgan fingerprint density at radius 3 is 2.61 bits per heavy atom. The Morgan fingerprint density at radius 1 is 1.26 bits per heavy atom. The molecule has 0 aliphatic rings. The summed E-state index contributed by atoms with van der Waals surface area (Å²) in [5, 5.41) is 23.1. The highest BCUT2D eigenvalue weighted by Crippen LogP contribution is 2.20. The average molecular weight is 335 g/mol. The van der Waals surface area contributed by atoms with E-state index in [1.54, 1.807) is 31.2 Å². The zero-order valence-corrected chi connectivity index (χ0v) is 13.0. The number of carbonyl (C=O) groups excluding carboxylic acids is 1. The number of phenols is 2. The Balaban J connectivity index is 1.90. The average Bonchev–Trinajstić information content (AvgIpc) is 2.51. The number of ether oxygens (including phenoxy) is 1. The highest BCUT2D eigenvalue weighted by Gasteiger charge is 2.13. The van der Waals surface area contributed by atoms with Crippen LogP contribution in [0.1, 0.15) is 12.5 Å². The van der Waals surface area contributed by atoms with E-state index in [0.29, 0.717) is 16.3 Å². The van der Waals surface area contributed by atoms with Crippen LogP contribution in [-0.2, 0) is 4.79 Å². The zero-order chi connectivity index (χ0) is 16.8. The molecule has 1 amide bonds. The fourth-order valence-electron chi connectivity index (χ4n) is 1.67. The van der Waals surface area contributed by atoms with Crippen molar-refractivity contribution in [2.24, 2.45) is 5.10 Å². The molecule has 1 atom stereocenters. The summed E-state index contributed by atoms with van der Waals surface area (Å²) in [5.41, 5.74) is 2.67. The molecule has 2 rings (SSSR count). The van der Waals surface area contributed by atoms with Crippen molar-refractivity contribution in [2.45, 2.75) is 13.0 Å². The number of nitrogens with zero attached hydrogens (tertiary/aromatic N) is 1. The van der Waals surface area contributed by atoms with Crippen LogP contribution in [0.5, 0.6) is 17.2 Å². The predicted molar refractivity (Wildman–Crippen MR) is 87.1 cm³/mol. The lowest BCUT2D eigenvalue weighted by Crippen LogP contribution is -2.33. The summed E-state index contributed by atoms with van der Waals surface area (Å²) in [7, 11) is 0. The fraction of sp³-hybridized carbons (Fsp3) is 0.125. The molecule has 120 valence electrons. The van der Waals surface area contributed by atoms with Gasteiger partial charge in [-0.3, -0.25) is 4.79 Å². The third kappa shape index (κ3) is 4.89. The Morgan fingerprint density at radius 2 is 1.96 bits per heavy atom. The lowest BCUT2D eigenvalue weighted by molar-refractivity contribution is -0.127. The maximum atomic E-state index is 11.9. The number of halogens is 1. The number of hydrogen-bond donors (Lipinski definition) is 3. The van der Waals surface area contributed by atoms with Crippen LogP contribution in [0.4, 0.5) is 0 Å². The van der Waals surface area contributed by atoms with Gasteiger partial charge in [-0.25, -0.2) is 5.43 Å². The molecule has 0 saturated carbocycles. The first-order valence-electron chi connectivity index (χ1n) is 6.73. The van der Waals surface area contributed by atoms with Crippen molar-refractivity contribution in [3.8, 4) is 17.2 Å². The number of hydrazone groups is 1. The van der Waals surface area contributed by atoms with Crippen LogP contribution in [-0.4, -0.2) is 28.4 Å². The molecule has 23 heavy (non-hydrogen) atoms. The minimum atomic E-state index is -0.762. The minimum absolute atomic E-state index is 0.0614. The molecule has 1 unspecified atom stereocenters. The lowest BCUT2D eigenvalue weighted by atomic mass is 10.2. The standard InChI is InChI=1S/C16H15ClN2O4/c1-10(23-14-6-3-12(17)4-7-14)16(22)19-18-9-11-2-5-13(20)8-15(11)21/h2-10,20-21H,1H3,(H,19,22). The largest absolute Gasteiger partial charge is 0.508 e. The molecule has 7 heteroatoms. The Labute approximate surface area is 138 Å². The number of carbonyl (C=O) groups is 1. The van der Waals surface area contributed by atoms with E-state index in [9.17, 15) is 15.0 Å². The van der Waals surface area contributed by atoms with E-state index in [0.717, 1.165) is 0 Å². The van der Waals surface area contributed by atoms with E-state index in [1.165, 1.54) is 24.4 Å². The molecule has 2 aromatic carbocycles. The summed E-state index contributed by atoms with van der Waals surface area (Å²) in [5.74, 6) is -0.145. The number of benzene rings is 2. The van der Waals surface area contributed by atoms with Gasteiger partial charge in [0.25, 0.3) is 5.91 Å². The van der Waals surface area contributed by atoms with E-state index < -0.39 is 12.0 Å². The van der Waals surface area contributed by atoms with Gasteiger partial charge < -0.3 is 14.9 Å². The third-order valence-corrected chi connectivity index (χ3v) is 3.14. The Hall–Kier alpha value is -2.73. The number of nitrogens with one attached hydrogen (secondary N) is 1. The summed E-state index contributed by atoms with van der Waals surface area (Å²) >= 11 is 5.77. The second-order valence-electron chi connectivity index (χ2n) is 4.69. The van der Waals surface area contributed by atoms with Crippen molar-refractivity contribution in [1.29, 1.82) is 0 Å². The van der Waals surface area contributed by atoms with Gasteiger partial charge >= 0.3 is 0 Å². The van der Waals surface area contributed by atoms with Crippen molar-refractivity contribution < 1.29 is 19.7 Å². The first kappa shape index (κ1) is 16.6. The van der Waals surface area contributed by atoms with E-state index in [-0.39, 0.29) is 11.5 Å². The normalized spacial score (nSPS) is 12.1. The van der Waals surface area contributed by atoms with E-state index >= 15 is 0 Å². The number of aromatic hydroxyl groups is 2. The molecule has 0 aromatic heterocycles. The van der Waals surface area contributed by atoms with Gasteiger partial charge in [0.1, 0.15) is 17.2 Å². The highest BCUT2D eigenvalue weighted by molar-refractivity contribution is 6.30. The molecular formula is C16H15ClN2O4. The topological polar surface area (TPSA) is 91.2 Å². The Bertz CT molecular complexity index is 717. The van der Waals surface area contributed by atoms with Gasteiger partial charge in [-0.05, 0) is 43.3 Å². The smallest absolute Gasteiger partial charge is 0.280 e. The van der Waals surface area contributed by atoms with Gasteiger partial charge in [-0.1, -0.05) is 11.6 Å². The van der Waals surface area contributed by atoms with Crippen LogP contribution in [0, 0.1) is 0 Å². The molecule has 0 bridgehead atoms. The maximum Gasteiger partial charge on any atom is 0.280 e. The molecule has 0 saturated heterocycles. The van der Waals surface area contributed by atoms with E-state index in [2.05, 4.69) is 10.5 Å². The molecule has 0 spiro atoms. The second kappa shape index (κ2) is 7.51. The van der Waals surface area contributed by atoms with Crippen LogP contribution < -0.4 is 10.2 Å². The van der Waals surface area contributed by atoms with Crippen LogP contribution in [0.2, 0.25) is 5.02 Å². The quantitative estimate of drug-likeness (QED) is 0.579. The van der Waals surface area contributed by atoms with Crippen molar-refractivity contribution in [3.05, 3.63) is 53.1 Å². The summed E-state index contributed by atoms with van der Waals surface area (Å²) in [6.45, 7) is 1.58. The highest BCUT2D eigenvalue weighted by atomic mass is 35.5. The predicted octanol–water partition coefficient (Wildman–Crippen LogP) is 2.67. The van der Waals surface area contributed by atoms with Gasteiger partial charge in [0.05, 0.1) is 6.21 Å². The number of phenolic OH excluding ortho intramolecular Hbond substituents is 2. The monoisotopic (exact) mass is 334 g/mol. The SMILES string of the molecule is CC(Oc1ccc(Cl)cc1)C(=O)NN=Cc1ccc(O)cc1O. The maximum absolute atomic E-state index is 11.9. The summed E-state index contributed by atoms with van der Waals surface area (Å²) < 4.78 is 5.45. The number of rotatable bonds is 5. The molecular weight excluding hydrogens is 320 g/mol. The molecule has 0 heterocycles. The van der Waals surface area contributed by atoms with Crippen molar-refractivity contribution in [2.75, 3.05) is 0 Å². The minimum Gasteiger partial charge on any atom is -0.508 e. The van der Waals surface area contributed by atoms with Crippen LogP contribution in [0.3, 0.4) is 0 Å². The first-order chi connectivity index (χ1) is 11.0. The molecule has 0 aliphatic heterocycles. The van der Waals surface area contributed by atoms with Gasteiger partial charge in [0.2, 0.25) is 0 Å². The van der Waals surface area contributed by atoms with Gasteiger partial charge in [0.15, 0.2) is 6.10 Å². The van der Waals surface area contributed by atoms with Crippen molar-refractivity contribution in [1.82, 2.24) is 5.43 Å². The third-order valence-electron chi connectivity index (χ3n) is 2.89. The molecule has 0 radical (unpaired) electrons. The molecule has 6 nitrogen and oxygen atoms in total. The van der Waals surface area contributed by atoms with E-state index in [4.69, 9.17) is 16.3 Å². The molecule has 2 aromatic rings. The van der Waals surface area contributed by atoms with Crippen molar-refractivity contribution in [3.63, 3.8) is 0 Å². The van der Waals surface area contributed by atoms with E-state index in [1.807, 2.05) is 0 Å². The van der Waals surface area contributed by atoms with Gasteiger partial charge in [0, 0.05) is 16.7 Å². The lowest BCUT2D eigenvalue weighted by Gasteiger charge is -2.12. The number of hydrogen-bond acceptors (Lipinski definition) is 5. The summed E-state index contributed by atoms with van der Waals surface area (Å²) in [4.78, 5) is 11.9. The Kier molecular flexibility index (Phi) is 5.43. The second-order valence-corrected chi connectivity index (χ2v) is 5.13. The molecule has 3 N–H and O–H groups in total. The first-order valence-corrected chi connectivity index (χ1v) is 7.10. The summed E-state index contributed by atoms with van der Waals surface area (Å²) in [6.07, 6.45) is 0.503. The van der Waals surface area contributed by atoms with Crippen LogP contribution in [0.25, 0.3) is 0 Å². The zero-order valence-electron chi connectivity index (χ0n) is 12.2. The molecule has 0 fully saturated rings. The van der Waals surface area contributed by atoms with Gasteiger partial charge in [-0.2, -0.15) is 5.10 Å². The van der Waals surface area contributed by atoms with Crippen LogP contribution in [0.15, 0.2) is 47.6 Å².